The van der Waals surface area contributed by atoms with E-state index in [-0.39, 0.29) is 0 Å². The SMILES string of the molecule is CN(C)c1ccc(-n2c(N)nc3ccc(Cl)cc32)cc1. The van der Waals surface area contributed by atoms with E-state index in [2.05, 4.69) is 9.88 Å². The summed E-state index contributed by atoms with van der Waals surface area (Å²) in [5, 5.41) is 0.670. The number of halogens is 1. The van der Waals surface area contributed by atoms with Crippen LogP contribution in [0.3, 0.4) is 0 Å². The largest absolute Gasteiger partial charge is 0.378 e. The molecule has 1 heterocycles. The van der Waals surface area contributed by atoms with Crippen LogP contribution in [0.15, 0.2) is 42.5 Å². The van der Waals surface area contributed by atoms with Gasteiger partial charge in [0.25, 0.3) is 0 Å². The molecule has 0 atom stereocenters. The molecule has 2 N–H and O–H groups in total. The highest BCUT2D eigenvalue weighted by molar-refractivity contribution is 6.31. The van der Waals surface area contributed by atoms with Gasteiger partial charge in [0.2, 0.25) is 5.95 Å². The Balaban J connectivity index is 2.18. The van der Waals surface area contributed by atoms with E-state index in [0.717, 1.165) is 22.4 Å². The van der Waals surface area contributed by atoms with Crippen molar-refractivity contribution >= 4 is 34.3 Å². The van der Waals surface area contributed by atoms with Crippen LogP contribution in [0.5, 0.6) is 0 Å². The van der Waals surface area contributed by atoms with Gasteiger partial charge in [-0.2, -0.15) is 0 Å². The lowest BCUT2D eigenvalue weighted by Gasteiger charge is -2.13. The molecular weight excluding hydrogens is 272 g/mol. The van der Waals surface area contributed by atoms with Crippen LogP contribution in [0.4, 0.5) is 11.6 Å². The first-order valence-corrected chi connectivity index (χ1v) is 6.65. The first-order chi connectivity index (χ1) is 9.56. The summed E-state index contributed by atoms with van der Waals surface area (Å²) in [5.74, 6) is 0.458. The van der Waals surface area contributed by atoms with E-state index in [0.29, 0.717) is 11.0 Å². The second-order valence-corrected chi connectivity index (χ2v) is 5.29. The van der Waals surface area contributed by atoms with Crippen molar-refractivity contribution in [3.8, 4) is 5.69 Å². The summed E-state index contributed by atoms with van der Waals surface area (Å²) in [6.07, 6.45) is 0. The summed E-state index contributed by atoms with van der Waals surface area (Å²) in [6, 6.07) is 13.7. The average molecular weight is 287 g/mol. The molecule has 1 aromatic heterocycles. The molecule has 3 rings (SSSR count). The molecule has 0 amide bonds. The van der Waals surface area contributed by atoms with E-state index >= 15 is 0 Å². The maximum atomic E-state index is 6.07. The molecule has 102 valence electrons. The van der Waals surface area contributed by atoms with Gasteiger partial charge in [-0.3, -0.25) is 4.57 Å². The molecule has 3 aromatic rings. The van der Waals surface area contributed by atoms with E-state index in [1.54, 1.807) is 0 Å². The minimum Gasteiger partial charge on any atom is -0.378 e. The predicted molar refractivity (Wildman–Crippen MR) is 84.8 cm³/mol. The molecule has 0 unspecified atom stereocenters. The molecular formula is C15H15ClN4. The number of hydrogen-bond acceptors (Lipinski definition) is 3. The maximum absolute atomic E-state index is 6.07. The summed E-state index contributed by atoms with van der Waals surface area (Å²) in [7, 11) is 4.02. The zero-order chi connectivity index (χ0) is 14.3. The van der Waals surface area contributed by atoms with Gasteiger partial charge in [0.1, 0.15) is 0 Å². The molecule has 0 spiro atoms. The summed E-state index contributed by atoms with van der Waals surface area (Å²) in [5.41, 5.74) is 9.88. The van der Waals surface area contributed by atoms with Gasteiger partial charge in [-0.25, -0.2) is 4.98 Å². The molecule has 0 aliphatic heterocycles. The van der Waals surface area contributed by atoms with Crippen molar-refractivity contribution in [3.63, 3.8) is 0 Å². The topological polar surface area (TPSA) is 47.1 Å². The molecule has 5 heteroatoms. The van der Waals surface area contributed by atoms with Gasteiger partial charge >= 0.3 is 0 Å². The molecule has 0 aliphatic carbocycles. The van der Waals surface area contributed by atoms with Gasteiger partial charge in [0.15, 0.2) is 0 Å². The molecule has 0 saturated heterocycles. The van der Waals surface area contributed by atoms with Crippen molar-refractivity contribution < 1.29 is 0 Å². The quantitative estimate of drug-likeness (QED) is 0.786. The van der Waals surface area contributed by atoms with Gasteiger partial charge in [0.05, 0.1) is 11.0 Å². The number of nitrogens with two attached hydrogens (primary N) is 1. The highest BCUT2D eigenvalue weighted by Gasteiger charge is 2.10. The highest BCUT2D eigenvalue weighted by Crippen LogP contribution is 2.26. The van der Waals surface area contributed by atoms with Crippen LogP contribution in [0, 0.1) is 0 Å². The molecule has 0 bridgehead atoms. The van der Waals surface area contributed by atoms with E-state index in [1.165, 1.54) is 0 Å². The first-order valence-electron chi connectivity index (χ1n) is 6.27. The van der Waals surface area contributed by atoms with Crippen molar-refractivity contribution in [2.45, 2.75) is 0 Å². The zero-order valence-corrected chi connectivity index (χ0v) is 12.1. The van der Waals surface area contributed by atoms with Crippen molar-refractivity contribution in [2.75, 3.05) is 24.7 Å². The fourth-order valence-electron chi connectivity index (χ4n) is 2.24. The van der Waals surface area contributed by atoms with E-state index in [1.807, 2.05) is 61.1 Å². The third kappa shape index (κ3) is 2.08. The van der Waals surface area contributed by atoms with Crippen LogP contribution in [-0.2, 0) is 0 Å². The molecule has 0 radical (unpaired) electrons. The third-order valence-corrected chi connectivity index (χ3v) is 3.50. The van der Waals surface area contributed by atoms with Crippen molar-refractivity contribution in [2.24, 2.45) is 0 Å². The lowest BCUT2D eigenvalue weighted by molar-refractivity contribution is 1.09. The number of benzene rings is 2. The van der Waals surface area contributed by atoms with E-state index < -0.39 is 0 Å². The number of fused-ring (bicyclic) bond motifs is 1. The number of aromatic nitrogens is 2. The van der Waals surface area contributed by atoms with Gasteiger partial charge in [-0.1, -0.05) is 11.6 Å². The summed E-state index contributed by atoms with van der Waals surface area (Å²) in [4.78, 5) is 6.41. The lowest BCUT2D eigenvalue weighted by atomic mass is 10.2. The van der Waals surface area contributed by atoms with Crippen LogP contribution in [-0.4, -0.2) is 23.6 Å². The van der Waals surface area contributed by atoms with Crippen molar-refractivity contribution in [1.82, 2.24) is 9.55 Å². The Hall–Kier alpha value is -2.20. The van der Waals surface area contributed by atoms with Crippen molar-refractivity contribution in [1.29, 1.82) is 0 Å². The molecule has 4 nitrogen and oxygen atoms in total. The Morgan fingerprint density at radius 2 is 1.80 bits per heavy atom. The Morgan fingerprint density at radius 3 is 2.45 bits per heavy atom. The molecule has 0 saturated carbocycles. The maximum Gasteiger partial charge on any atom is 0.205 e. The van der Waals surface area contributed by atoms with Crippen LogP contribution < -0.4 is 10.6 Å². The van der Waals surface area contributed by atoms with E-state index in [4.69, 9.17) is 17.3 Å². The molecule has 20 heavy (non-hydrogen) atoms. The number of imidazole rings is 1. The Labute approximate surface area is 122 Å². The van der Waals surface area contributed by atoms with Crippen molar-refractivity contribution in [3.05, 3.63) is 47.5 Å². The number of nitrogen functional groups attached to an aromatic ring is 1. The monoisotopic (exact) mass is 286 g/mol. The highest BCUT2D eigenvalue weighted by atomic mass is 35.5. The summed E-state index contributed by atoms with van der Waals surface area (Å²) < 4.78 is 1.90. The lowest BCUT2D eigenvalue weighted by Crippen LogP contribution is -2.08. The van der Waals surface area contributed by atoms with Gasteiger partial charge < -0.3 is 10.6 Å². The molecule has 0 aliphatic rings. The van der Waals surface area contributed by atoms with Gasteiger partial charge in [0, 0.05) is 30.5 Å². The Morgan fingerprint density at radius 1 is 1.10 bits per heavy atom. The molecule has 2 aromatic carbocycles. The fraction of sp³-hybridized carbons (Fsp3) is 0.133. The van der Waals surface area contributed by atoms with Crippen LogP contribution in [0.1, 0.15) is 0 Å². The Bertz CT molecular complexity index is 759. The summed E-state index contributed by atoms with van der Waals surface area (Å²) >= 11 is 6.07. The van der Waals surface area contributed by atoms with Gasteiger partial charge in [-0.05, 0) is 42.5 Å². The normalized spacial score (nSPS) is 10.9. The second kappa shape index (κ2) is 4.72. The van der Waals surface area contributed by atoms with Crippen LogP contribution in [0.25, 0.3) is 16.7 Å². The van der Waals surface area contributed by atoms with E-state index in [9.17, 15) is 0 Å². The Kier molecular flexibility index (Phi) is 3.03. The number of anilines is 2. The molecule has 0 fully saturated rings. The van der Waals surface area contributed by atoms with Crippen LogP contribution >= 0.6 is 11.6 Å². The predicted octanol–water partition coefficient (Wildman–Crippen LogP) is 3.33. The van der Waals surface area contributed by atoms with Gasteiger partial charge in [-0.15, -0.1) is 0 Å². The number of rotatable bonds is 2. The number of hydrogen-bond donors (Lipinski definition) is 1. The third-order valence-electron chi connectivity index (χ3n) is 3.27. The first kappa shape index (κ1) is 12.8. The van der Waals surface area contributed by atoms with Crippen LogP contribution in [0.2, 0.25) is 5.02 Å². The smallest absolute Gasteiger partial charge is 0.205 e. The fourth-order valence-corrected chi connectivity index (χ4v) is 2.40. The minimum atomic E-state index is 0.458. The second-order valence-electron chi connectivity index (χ2n) is 4.85. The number of nitrogens with zero attached hydrogens (tertiary/aromatic N) is 3. The standard InChI is InChI=1S/C15H15ClN4/c1-19(2)11-4-6-12(7-5-11)20-14-9-10(16)3-8-13(14)18-15(20)17/h3-9H,1-2H3,(H2,17,18). The average Bonchev–Trinajstić information content (AvgIpc) is 2.74. The zero-order valence-electron chi connectivity index (χ0n) is 11.3. The minimum absolute atomic E-state index is 0.458. The summed E-state index contributed by atoms with van der Waals surface area (Å²) in [6.45, 7) is 0.